The fourth-order valence-corrected chi connectivity index (χ4v) is 2.91. The van der Waals surface area contributed by atoms with Crippen LogP contribution in [0.2, 0.25) is 0 Å². The maximum Gasteiger partial charge on any atom is 0.126 e. The minimum atomic E-state index is -0.733. The predicted octanol–water partition coefficient (Wildman–Crippen LogP) is 3.89. The van der Waals surface area contributed by atoms with E-state index in [-0.39, 0.29) is 5.82 Å². The molecule has 1 aromatic carbocycles. The smallest absolute Gasteiger partial charge is 0.126 e. The summed E-state index contributed by atoms with van der Waals surface area (Å²) >= 11 is 1.55. The molecule has 0 aliphatic carbocycles. The minimum Gasteiger partial charge on any atom is -0.383 e. The number of benzene rings is 1. The van der Waals surface area contributed by atoms with Gasteiger partial charge in [-0.1, -0.05) is 12.1 Å². The molecule has 0 amide bonds. The molecular formula is C14H15FOS. The summed E-state index contributed by atoms with van der Waals surface area (Å²) in [4.78, 5) is 2.05. The summed E-state index contributed by atoms with van der Waals surface area (Å²) < 4.78 is 13.5. The zero-order chi connectivity index (χ0) is 12.6. The predicted molar refractivity (Wildman–Crippen MR) is 69.0 cm³/mol. The molecule has 3 heteroatoms. The average Bonchev–Trinajstić information content (AvgIpc) is 2.61. The van der Waals surface area contributed by atoms with E-state index in [1.165, 1.54) is 6.07 Å². The van der Waals surface area contributed by atoms with Crippen LogP contribution < -0.4 is 0 Å². The Morgan fingerprint density at radius 1 is 1.12 bits per heavy atom. The van der Waals surface area contributed by atoms with Gasteiger partial charge in [0.2, 0.25) is 0 Å². The maximum absolute atomic E-state index is 13.5. The van der Waals surface area contributed by atoms with Crippen molar-refractivity contribution in [2.75, 3.05) is 0 Å². The first-order valence-corrected chi connectivity index (χ1v) is 6.31. The molecule has 1 unspecified atom stereocenters. The highest BCUT2D eigenvalue weighted by Crippen LogP contribution is 2.32. The van der Waals surface area contributed by atoms with Gasteiger partial charge in [-0.05, 0) is 49.6 Å². The standard InChI is InChI=1S/C14H15FOS/c1-8-4-5-11(7-12(8)15)13(16)14-9(2)6-10(3)17-14/h4-7,13,16H,1-3H3. The number of aliphatic hydroxyl groups is 1. The van der Waals surface area contributed by atoms with Crippen LogP contribution in [-0.2, 0) is 0 Å². The quantitative estimate of drug-likeness (QED) is 0.857. The number of rotatable bonds is 2. The summed E-state index contributed by atoms with van der Waals surface area (Å²) in [6.07, 6.45) is -0.733. The van der Waals surface area contributed by atoms with Crippen LogP contribution in [0.5, 0.6) is 0 Å². The summed E-state index contributed by atoms with van der Waals surface area (Å²) in [7, 11) is 0. The van der Waals surface area contributed by atoms with Crippen LogP contribution >= 0.6 is 11.3 Å². The SMILES string of the molecule is Cc1cc(C)c(C(O)c2ccc(C)c(F)c2)s1. The third kappa shape index (κ3) is 2.40. The molecular weight excluding hydrogens is 235 g/mol. The van der Waals surface area contributed by atoms with Crippen molar-refractivity contribution < 1.29 is 9.50 Å². The van der Waals surface area contributed by atoms with Crippen LogP contribution in [-0.4, -0.2) is 5.11 Å². The van der Waals surface area contributed by atoms with E-state index in [0.29, 0.717) is 11.1 Å². The Morgan fingerprint density at radius 3 is 2.35 bits per heavy atom. The third-order valence-corrected chi connectivity index (χ3v) is 4.04. The van der Waals surface area contributed by atoms with Crippen molar-refractivity contribution in [3.8, 4) is 0 Å². The lowest BCUT2D eigenvalue weighted by Gasteiger charge is -2.11. The Bertz CT molecular complexity index is 545. The van der Waals surface area contributed by atoms with Gasteiger partial charge < -0.3 is 5.11 Å². The number of hydrogen-bond donors (Lipinski definition) is 1. The van der Waals surface area contributed by atoms with Gasteiger partial charge in [0.1, 0.15) is 11.9 Å². The Balaban J connectivity index is 2.40. The molecule has 0 saturated carbocycles. The number of aryl methyl sites for hydroxylation is 3. The molecule has 0 fully saturated rings. The lowest BCUT2D eigenvalue weighted by molar-refractivity contribution is 0.223. The fourth-order valence-electron chi connectivity index (χ4n) is 1.86. The van der Waals surface area contributed by atoms with Crippen LogP contribution in [0.25, 0.3) is 0 Å². The zero-order valence-corrected chi connectivity index (χ0v) is 10.9. The van der Waals surface area contributed by atoms with Gasteiger partial charge in [0.15, 0.2) is 0 Å². The van der Waals surface area contributed by atoms with Gasteiger partial charge in [-0.25, -0.2) is 4.39 Å². The van der Waals surface area contributed by atoms with E-state index in [0.717, 1.165) is 15.3 Å². The molecule has 0 bridgehead atoms. The van der Waals surface area contributed by atoms with Crippen molar-refractivity contribution in [2.24, 2.45) is 0 Å². The number of hydrogen-bond acceptors (Lipinski definition) is 2. The highest BCUT2D eigenvalue weighted by molar-refractivity contribution is 7.12. The van der Waals surface area contributed by atoms with Crippen molar-refractivity contribution in [1.82, 2.24) is 0 Å². The molecule has 2 rings (SSSR count). The molecule has 0 saturated heterocycles. The van der Waals surface area contributed by atoms with Crippen molar-refractivity contribution >= 4 is 11.3 Å². The third-order valence-electron chi connectivity index (χ3n) is 2.84. The lowest BCUT2D eigenvalue weighted by atomic mass is 10.0. The van der Waals surface area contributed by atoms with E-state index in [4.69, 9.17) is 0 Å². The molecule has 1 nitrogen and oxygen atoms in total. The monoisotopic (exact) mass is 250 g/mol. The fraction of sp³-hybridized carbons (Fsp3) is 0.286. The molecule has 0 aliphatic heterocycles. The molecule has 90 valence electrons. The van der Waals surface area contributed by atoms with Crippen LogP contribution in [0.3, 0.4) is 0 Å². The maximum atomic E-state index is 13.5. The van der Waals surface area contributed by atoms with Crippen molar-refractivity contribution in [3.05, 3.63) is 56.5 Å². The van der Waals surface area contributed by atoms with Crippen molar-refractivity contribution in [3.63, 3.8) is 0 Å². The van der Waals surface area contributed by atoms with Crippen molar-refractivity contribution in [1.29, 1.82) is 0 Å². The summed E-state index contributed by atoms with van der Waals surface area (Å²) in [6, 6.07) is 6.92. The van der Waals surface area contributed by atoms with Gasteiger partial charge >= 0.3 is 0 Å². The second kappa shape index (κ2) is 4.59. The molecule has 1 aromatic heterocycles. The Labute approximate surface area is 105 Å². The van der Waals surface area contributed by atoms with Gasteiger partial charge in [-0.3, -0.25) is 0 Å². The Hall–Kier alpha value is -1.19. The van der Waals surface area contributed by atoms with Crippen LogP contribution in [0.15, 0.2) is 24.3 Å². The van der Waals surface area contributed by atoms with Gasteiger partial charge in [0, 0.05) is 9.75 Å². The number of aliphatic hydroxyl groups excluding tert-OH is 1. The van der Waals surface area contributed by atoms with Gasteiger partial charge in [-0.2, -0.15) is 0 Å². The van der Waals surface area contributed by atoms with Gasteiger partial charge in [-0.15, -0.1) is 11.3 Å². The molecule has 0 aliphatic rings. The molecule has 1 N–H and O–H groups in total. The van der Waals surface area contributed by atoms with E-state index >= 15 is 0 Å². The van der Waals surface area contributed by atoms with E-state index < -0.39 is 6.10 Å². The first-order valence-electron chi connectivity index (χ1n) is 5.50. The minimum absolute atomic E-state index is 0.271. The topological polar surface area (TPSA) is 20.2 Å². The first kappa shape index (κ1) is 12.3. The molecule has 0 radical (unpaired) electrons. The molecule has 0 spiro atoms. The summed E-state index contributed by atoms with van der Waals surface area (Å²) in [5.41, 5.74) is 2.26. The Kier molecular flexibility index (Phi) is 3.31. The Morgan fingerprint density at radius 2 is 1.82 bits per heavy atom. The zero-order valence-electron chi connectivity index (χ0n) is 10.1. The molecule has 1 atom stereocenters. The summed E-state index contributed by atoms with van der Waals surface area (Å²) in [5, 5.41) is 10.2. The van der Waals surface area contributed by atoms with Gasteiger partial charge in [0.05, 0.1) is 0 Å². The molecule has 2 aromatic rings. The van der Waals surface area contributed by atoms with E-state index in [2.05, 4.69) is 0 Å². The second-order valence-electron chi connectivity index (χ2n) is 4.32. The van der Waals surface area contributed by atoms with E-state index in [1.807, 2.05) is 19.9 Å². The van der Waals surface area contributed by atoms with Crippen LogP contribution in [0.4, 0.5) is 4.39 Å². The van der Waals surface area contributed by atoms with E-state index in [1.54, 1.807) is 30.4 Å². The number of thiophene rings is 1. The second-order valence-corrected chi connectivity index (χ2v) is 5.60. The van der Waals surface area contributed by atoms with Crippen LogP contribution in [0, 0.1) is 26.6 Å². The van der Waals surface area contributed by atoms with Crippen LogP contribution in [0.1, 0.15) is 32.5 Å². The normalized spacial score (nSPS) is 12.8. The largest absolute Gasteiger partial charge is 0.383 e. The first-order chi connectivity index (χ1) is 7.99. The van der Waals surface area contributed by atoms with E-state index in [9.17, 15) is 9.50 Å². The molecule has 1 heterocycles. The highest BCUT2D eigenvalue weighted by atomic mass is 32.1. The summed E-state index contributed by atoms with van der Waals surface area (Å²) in [5.74, 6) is -0.271. The van der Waals surface area contributed by atoms with Gasteiger partial charge in [0.25, 0.3) is 0 Å². The average molecular weight is 250 g/mol. The lowest BCUT2D eigenvalue weighted by Crippen LogP contribution is -2.00. The number of halogens is 1. The highest BCUT2D eigenvalue weighted by Gasteiger charge is 2.16. The molecule has 17 heavy (non-hydrogen) atoms. The van der Waals surface area contributed by atoms with Crippen molar-refractivity contribution in [2.45, 2.75) is 26.9 Å². The summed E-state index contributed by atoms with van der Waals surface area (Å²) in [6.45, 7) is 5.68.